The summed E-state index contributed by atoms with van der Waals surface area (Å²) in [6.45, 7) is 7.84. The molecule has 0 amide bonds. The van der Waals surface area contributed by atoms with E-state index in [0.29, 0.717) is 17.9 Å². The Morgan fingerprint density at radius 2 is 1.24 bits per heavy atom. The van der Waals surface area contributed by atoms with Gasteiger partial charge in [0.1, 0.15) is 11.5 Å². The van der Waals surface area contributed by atoms with Crippen LogP contribution >= 0.6 is 0 Å². The highest BCUT2D eigenvalue weighted by Crippen LogP contribution is 2.21. The molecule has 0 saturated heterocycles. The molecule has 34 heavy (non-hydrogen) atoms. The molecule has 0 bridgehead atoms. The van der Waals surface area contributed by atoms with Crippen molar-refractivity contribution in [2.45, 2.75) is 97.5 Å². The SMILES string of the molecule is CCCCCCCCCCCCOC(C)c1ccc(C(=O)Oc2ccc(OCCC)cc2)cc1. The van der Waals surface area contributed by atoms with Crippen molar-refractivity contribution in [1.82, 2.24) is 0 Å². The van der Waals surface area contributed by atoms with Crippen molar-refractivity contribution in [3.63, 3.8) is 0 Å². The third-order valence-electron chi connectivity index (χ3n) is 5.99. The van der Waals surface area contributed by atoms with Gasteiger partial charge in [0.15, 0.2) is 0 Å². The van der Waals surface area contributed by atoms with Crippen molar-refractivity contribution >= 4 is 5.97 Å². The first-order valence-electron chi connectivity index (χ1n) is 13.3. The van der Waals surface area contributed by atoms with Crippen molar-refractivity contribution < 1.29 is 19.0 Å². The lowest BCUT2D eigenvalue weighted by Crippen LogP contribution is -2.09. The maximum absolute atomic E-state index is 12.5. The summed E-state index contributed by atoms with van der Waals surface area (Å²) in [5, 5.41) is 0. The number of unbranched alkanes of at least 4 members (excludes halogenated alkanes) is 9. The second-order valence-electron chi connectivity index (χ2n) is 9.03. The van der Waals surface area contributed by atoms with Gasteiger partial charge in [-0.3, -0.25) is 0 Å². The lowest BCUT2D eigenvalue weighted by molar-refractivity contribution is 0.0626. The molecule has 188 valence electrons. The molecule has 0 spiro atoms. The number of ether oxygens (including phenoxy) is 3. The Balaban J connectivity index is 1.63. The smallest absolute Gasteiger partial charge is 0.343 e. The van der Waals surface area contributed by atoms with E-state index in [-0.39, 0.29) is 12.1 Å². The topological polar surface area (TPSA) is 44.8 Å². The van der Waals surface area contributed by atoms with Crippen LogP contribution in [-0.2, 0) is 4.74 Å². The van der Waals surface area contributed by atoms with Crippen LogP contribution in [0.1, 0.15) is 113 Å². The molecule has 0 fully saturated rings. The summed E-state index contributed by atoms with van der Waals surface area (Å²) in [6.07, 6.45) is 14.2. The lowest BCUT2D eigenvalue weighted by Gasteiger charge is -2.14. The fraction of sp³-hybridized carbons (Fsp3) is 0.567. The third-order valence-corrected chi connectivity index (χ3v) is 5.99. The van der Waals surface area contributed by atoms with Crippen molar-refractivity contribution in [3.05, 3.63) is 59.7 Å². The number of carbonyl (C=O) groups excluding carboxylic acids is 1. The van der Waals surface area contributed by atoms with Crippen molar-refractivity contribution in [2.24, 2.45) is 0 Å². The van der Waals surface area contributed by atoms with Crippen LogP contribution in [0.4, 0.5) is 0 Å². The van der Waals surface area contributed by atoms with E-state index in [9.17, 15) is 4.79 Å². The van der Waals surface area contributed by atoms with Gasteiger partial charge in [0, 0.05) is 6.61 Å². The first kappa shape index (κ1) is 27.9. The second-order valence-corrected chi connectivity index (χ2v) is 9.03. The maximum atomic E-state index is 12.5. The van der Waals surface area contributed by atoms with Gasteiger partial charge in [-0.2, -0.15) is 0 Å². The van der Waals surface area contributed by atoms with Crippen LogP contribution in [0.2, 0.25) is 0 Å². The Labute approximate surface area is 207 Å². The molecule has 2 aromatic rings. The van der Waals surface area contributed by atoms with Crippen molar-refractivity contribution in [3.8, 4) is 11.5 Å². The molecular formula is C30H44O4. The predicted octanol–water partition coefficient (Wildman–Crippen LogP) is 8.69. The van der Waals surface area contributed by atoms with Gasteiger partial charge in [0.2, 0.25) is 0 Å². The molecule has 0 N–H and O–H groups in total. The van der Waals surface area contributed by atoms with E-state index in [2.05, 4.69) is 20.8 Å². The van der Waals surface area contributed by atoms with Gasteiger partial charge in [-0.1, -0.05) is 83.8 Å². The Bertz CT molecular complexity index is 782. The van der Waals surface area contributed by atoms with E-state index in [1.165, 1.54) is 57.8 Å². The van der Waals surface area contributed by atoms with Crippen molar-refractivity contribution in [2.75, 3.05) is 13.2 Å². The molecule has 0 heterocycles. The quantitative estimate of drug-likeness (QED) is 0.125. The standard InChI is InChI=1S/C30H44O4/c1-4-6-7-8-9-10-11-12-13-14-24-32-25(3)26-15-17-27(18-16-26)30(31)34-29-21-19-28(20-22-29)33-23-5-2/h15-22,25H,4-14,23-24H2,1-3H3. The summed E-state index contributed by atoms with van der Waals surface area (Å²) < 4.78 is 17.0. The molecule has 0 aliphatic heterocycles. The van der Waals surface area contributed by atoms with Crippen LogP contribution in [0, 0.1) is 0 Å². The molecule has 4 heteroatoms. The van der Waals surface area contributed by atoms with E-state index >= 15 is 0 Å². The van der Waals surface area contributed by atoms with Gasteiger partial charge >= 0.3 is 5.97 Å². The molecule has 0 saturated carbocycles. The average molecular weight is 469 g/mol. The molecule has 2 rings (SSSR count). The zero-order valence-electron chi connectivity index (χ0n) is 21.5. The van der Waals surface area contributed by atoms with Gasteiger partial charge in [-0.25, -0.2) is 4.79 Å². The number of benzene rings is 2. The summed E-state index contributed by atoms with van der Waals surface area (Å²) in [7, 11) is 0. The molecule has 4 nitrogen and oxygen atoms in total. The lowest BCUT2D eigenvalue weighted by atomic mass is 10.1. The number of hydrogen-bond acceptors (Lipinski definition) is 4. The van der Waals surface area contributed by atoms with Crippen molar-refractivity contribution in [1.29, 1.82) is 0 Å². The Kier molecular flexibility index (Phi) is 14.1. The monoisotopic (exact) mass is 468 g/mol. The van der Waals surface area contributed by atoms with Crippen LogP contribution in [0.25, 0.3) is 0 Å². The molecule has 2 aromatic carbocycles. The fourth-order valence-electron chi connectivity index (χ4n) is 3.83. The largest absolute Gasteiger partial charge is 0.494 e. The minimum absolute atomic E-state index is 0.0132. The summed E-state index contributed by atoms with van der Waals surface area (Å²) in [5.74, 6) is 0.914. The molecule has 1 unspecified atom stereocenters. The number of rotatable bonds is 18. The number of esters is 1. The van der Waals surface area contributed by atoms with E-state index < -0.39 is 0 Å². The van der Waals surface area contributed by atoms with Gasteiger partial charge in [-0.15, -0.1) is 0 Å². The average Bonchev–Trinajstić information content (AvgIpc) is 2.86. The normalized spacial score (nSPS) is 11.9. The van der Waals surface area contributed by atoms with Gasteiger partial charge < -0.3 is 14.2 Å². The Hall–Kier alpha value is -2.33. The second kappa shape index (κ2) is 17.2. The third kappa shape index (κ3) is 11.2. The number of hydrogen-bond donors (Lipinski definition) is 0. The first-order chi connectivity index (χ1) is 16.6. The van der Waals surface area contributed by atoms with Crippen LogP contribution in [0.15, 0.2) is 48.5 Å². The van der Waals surface area contributed by atoms with Gasteiger partial charge in [0.05, 0.1) is 18.3 Å². The van der Waals surface area contributed by atoms with Gasteiger partial charge in [-0.05, 0) is 61.7 Å². The number of carbonyl (C=O) groups is 1. The van der Waals surface area contributed by atoms with Crippen LogP contribution in [0.3, 0.4) is 0 Å². The summed E-state index contributed by atoms with van der Waals surface area (Å²) >= 11 is 0. The van der Waals surface area contributed by atoms with Crippen LogP contribution in [0.5, 0.6) is 11.5 Å². The minimum atomic E-state index is -0.368. The molecule has 0 aliphatic carbocycles. The molecular weight excluding hydrogens is 424 g/mol. The van der Waals surface area contributed by atoms with E-state index in [1.807, 2.05) is 24.3 Å². The zero-order valence-corrected chi connectivity index (χ0v) is 21.5. The van der Waals surface area contributed by atoms with Crippen LogP contribution < -0.4 is 9.47 Å². The Morgan fingerprint density at radius 3 is 1.82 bits per heavy atom. The fourth-order valence-corrected chi connectivity index (χ4v) is 3.83. The van der Waals surface area contributed by atoms with E-state index in [1.54, 1.807) is 24.3 Å². The van der Waals surface area contributed by atoms with Gasteiger partial charge in [0.25, 0.3) is 0 Å². The molecule has 0 aliphatic rings. The highest BCUT2D eigenvalue weighted by atomic mass is 16.5. The molecule has 1 atom stereocenters. The summed E-state index contributed by atoms with van der Waals surface area (Å²) in [6, 6.07) is 14.6. The highest BCUT2D eigenvalue weighted by Gasteiger charge is 2.11. The summed E-state index contributed by atoms with van der Waals surface area (Å²) in [5.41, 5.74) is 1.60. The molecule has 0 radical (unpaired) electrons. The first-order valence-corrected chi connectivity index (χ1v) is 13.3. The highest BCUT2D eigenvalue weighted by molar-refractivity contribution is 5.91. The Morgan fingerprint density at radius 1 is 0.676 bits per heavy atom. The minimum Gasteiger partial charge on any atom is -0.494 e. The zero-order chi connectivity index (χ0) is 24.4. The molecule has 0 aromatic heterocycles. The maximum Gasteiger partial charge on any atom is 0.343 e. The van der Waals surface area contributed by atoms with Crippen LogP contribution in [-0.4, -0.2) is 19.2 Å². The summed E-state index contributed by atoms with van der Waals surface area (Å²) in [4.78, 5) is 12.5. The predicted molar refractivity (Wildman–Crippen MR) is 140 cm³/mol. The van der Waals surface area contributed by atoms with E-state index in [0.717, 1.165) is 30.8 Å². The van der Waals surface area contributed by atoms with E-state index in [4.69, 9.17) is 14.2 Å².